The van der Waals surface area contributed by atoms with Gasteiger partial charge in [0.15, 0.2) is 0 Å². The summed E-state index contributed by atoms with van der Waals surface area (Å²) in [7, 11) is 0. The molecule has 0 atom stereocenters. The molecule has 164 valence electrons. The third-order valence-corrected chi connectivity index (χ3v) is 6.04. The van der Waals surface area contributed by atoms with Crippen molar-refractivity contribution < 1.29 is 9.53 Å². The molecule has 0 amide bonds. The average molecular weight is 430 g/mol. The highest BCUT2D eigenvalue weighted by Crippen LogP contribution is 2.36. The maximum Gasteiger partial charge on any atom is 0.237 e. The lowest BCUT2D eigenvalue weighted by Crippen LogP contribution is -2.32. The Balaban J connectivity index is 1.34. The van der Waals surface area contributed by atoms with Gasteiger partial charge in [0.1, 0.15) is 23.9 Å². The van der Waals surface area contributed by atoms with Crippen molar-refractivity contribution in [1.29, 1.82) is 0 Å². The van der Waals surface area contributed by atoms with Gasteiger partial charge in [0.05, 0.1) is 11.9 Å². The zero-order chi connectivity index (χ0) is 22.1. The van der Waals surface area contributed by atoms with Gasteiger partial charge in [-0.15, -0.1) is 0 Å². The molecule has 0 saturated heterocycles. The molecule has 3 aromatic rings. The summed E-state index contributed by atoms with van der Waals surface area (Å²) in [5, 5.41) is 6.82. The van der Waals surface area contributed by atoms with Crippen LogP contribution in [-0.2, 0) is 24.2 Å². The van der Waals surface area contributed by atoms with Crippen LogP contribution in [0.2, 0.25) is 0 Å². The first-order chi connectivity index (χ1) is 15.6. The first kappa shape index (κ1) is 20.3. The van der Waals surface area contributed by atoms with Gasteiger partial charge in [-0.25, -0.2) is 9.97 Å². The highest BCUT2D eigenvalue weighted by atomic mass is 16.5. The van der Waals surface area contributed by atoms with Gasteiger partial charge in [-0.3, -0.25) is 4.79 Å². The molecular formula is C25H27N5O2. The van der Waals surface area contributed by atoms with Gasteiger partial charge in [-0.1, -0.05) is 12.1 Å². The number of Topliss-reactive ketones (excluding diaryl/α,β-unsaturated/α-hetero) is 1. The monoisotopic (exact) mass is 429 g/mol. The SMILES string of the molecule is CC(=O)Cc1ccc(Nc2cc3c(cn2)CCN(c2cnc4c(c2C)NCCO4)C3)cc1. The number of nitrogens with zero attached hydrogens (tertiary/aromatic N) is 3. The summed E-state index contributed by atoms with van der Waals surface area (Å²) in [5.41, 5.74) is 7.85. The number of aromatic nitrogens is 2. The van der Waals surface area contributed by atoms with E-state index in [4.69, 9.17) is 4.74 Å². The number of carbonyl (C=O) groups is 1. The largest absolute Gasteiger partial charge is 0.474 e. The molecule has 0 bridgehead atoms. The molecule has 0 unspecified atom stereocenters. The number of ether oxygens (including phenoxy) is 1. The van der Waals surface area contributed by atoms with Gasteiger partial charge in [0, 0.05) is 43.5 Å². The van der Waals surface area contributed by atoms with Gasteiger partial charge < -0.3 is 20.3 Å². The number of fused-ring (bicyclic) bond motifs is 2. The number of rotatable bonds is 5. The van der Waals surface area contributed by atoms with E-state index in [1.807, 2.05) is 36.7 Å². The highest BCUT2D eigenvalue weighted by Gasteiger charge is 2.23. The van der Waals surface area contributed by atoms with Crippen LogP contribution >= 0.6 is 0 Å². The molecule has 2 aromatic heterocycles. The molecule has 32 heavy (non-hydrogen) atoms. The summed E-state index contributed by atoms with van der Waals surface area (Å²) >= 11 is 0. The second-order valence-corrected chi connectivity index (χ2v) is 8.43. The first-order valence-electron chi connectivity index (χ1n) is 11.0. The minimum absolute atomic E-state index is 0.166. The van der Waals surface area contributed by atoms with Crippen LogP contribution in [0, 0.1) is 6.92 Å². The fraction of sp³-hybridized carbons (Fsp3) is 0.320. The van der Waals surface area contributed by atoms with Crippen LogP contribution in [0.3, 0.4) is 0 Å². The van der Waals surface area contributed by atoms with Gasteiger partial charge in [-0.05, 0) is 55.2 Å². The number of benzene rings is 1. The Morgan fingerprint density at radius 2 is 2.03 bits per heavy atom. The molecule has 0 saturated carbocycles. The normalized spacial score (nSPS) is 14.6. The average Bonchev–Trinajstić information content (AvgIpc) is 2.80. The van der Waals surface area contributed by atoms with E-state index in [9.17, 15) is 4.79 Å². The molecule has 2 N–H and O–H groups in total. The van der Waals surface area contributed by atoms with Gasteiger partial charge in [-0.2, -0.15) is 0 Å². The van der Waals surface area contributed by atoms with Crippen molar-refractivity contribution in [2.24, 2.45) is 0 Å². The number of ketones is 1. The Kier molecular flexibility index (Phi) is 5.39. The molecule has 0 aliphatic carbocycles. The number of hydrogen-bond donors (Lipinski definition) is 2. The smallest absolute Gasteiger partial charge is 0.237 e. The summed E-state index contributed by atoms with van der Waals surface area (Å²) < 4.78 is 5.68. The fourth-order valence-corrected chi connectivity index (χ4v) is 4.38. The van der Waals surface area contributed by atoms with Crippen LogP contribution in [-0.4, -0.2) is 35.4 Å². The van der Waals surface area contributed by atoms with E-state index < -0.39 is 0 Å². The van der Waals surface area contributed by atoms with E-state index >= 15 is 0 Å². The Morgan fingerprint density at radius 3 is 2.84 bits per heavy atom. The topological polar surface area (TPSA) is 79.4 Å². The minimum atomic E-state index is 0.166. The van der Waals surface area contributed by atoms with Crippen molar-refractivity contribution in [1.82, 2.24) is 9.97 Å². The summed E-state index contributed by atoms with van der Waals surface area (Å²) in [6.45, 7) is 6.94. The zero-order valence-corrected chi connectivity index (χ0v) is 18.4. The number of hydrogen-bond acceptors (Lipinski definition) is 7. The third-order valence-electron chi connectivity index (χ3n) is 6.04. The van der Waals surface area contributed by atoms with Crippen molar-refractivity contribution in [2.45, 2.75) is 33.2 Å². The summed E-state index contributed by atoms with van der Waals surface area (Å²) in [5.74, 6) is 1.68. The molecule has 4 heterocycles. The molecule has 5 rings (SSSR count). The molecule has 1 aromatic carbocycles. The molecule has 0 fully saturated rings. The molecule has 2 aliphatic heterocycles. The standard InChI is InChI=1S/C25H27N5O2/c1-16(31)11-18-3-5-21(6-4-18)29-23-12-20-15-30(9-7-19(20)13-27-23)22-14-28-25-24(17(22)2)26-8-10-32-25/h3-6,12-14,26H,7-11,15H2,1-2H3,(H,27,29). The van der Waals surface area contributed by atoms with E-state index in [2.05, 4.69) is 38.5 Å². The van der Waals surface area contributed by atoms with Crippen LogP contribution in [0.1, 0.15) is 29.2 Å². The van der Waals surface area contributed by atoms with E-state index in [0.29, 0.717) is 18.9 Å². The van der Waals surface area contributed by atoms with Gasteiger partial charge in [0.25, 0.3) is 0 Å². The second kappa shape index (κ2) is 8.49. The number of anilines is 4. The van der Waals surface area contributed by atoms with Crippen LogP contribution < -0.4 is 20.3 Å². The van der Waals surface area contributed by atoms with Crippen LogP contribution in [0.25, 0.3) is 0 Å². The second-order valence-electron chi connectivity index (χ2n) is 8.43. The van der Waals surface area contributed by atoms with E-state index in [1.54, 1.807) is 6.92 Å². The van der Waals surface area contributed by atoms with E-state index in [-0.39, 0.29) is 5.78 Å². The minimum Gasteiger partial charge on any atom is -0.474 e. The fourth-order valence-electron chi connectivity index (χ4n) is 4.38. The number of carbonyl (C=O) groups excluding carboxylic acids is 1. The Hall–Kier alpha value is -3.61. The van der Waals surface area contributed by atoms with Crippen LogP contribution in [0.5, 0.6) is 5.88 Å². The van der Waals surface area contributed by atoms with Crippen molar-refractivity contribution in [2.75, 3.05) is 35.2 Å². The van der Waals surface area contributed by atoms with Crippen molar-refractivity contribution in [3.8, 4) is 5.88 Å². The number of pyridine rings is 2. The lowest BCUT2D eigenvalue weighted by atomic mass is 10.0. The van der Waals surface area contributed by atoms with Crippen LogP contribution in [0.15, 0.2) is 42.7 Å². The van der Waals surface area contributed by atoms with Crippen molar-refractivity contribution in [3.05, 3.63) is 65.0 Å². The summed E-state index contributed by atoms with van der Waals surface area (Å²) in [6.07, 6.45) is 5.32. The predicted octanol–water partition coefficient (Wildman–Crippen LogP) is 4.03. The highest BCUT2D eigenvalue weighted by molar-refractivity contribution is 5.78. The molecule has 0 spiro atoms. The summed E-state index contributed by atoms with van der Waals surface area (Å²) in [6, 6.07) is 10.1. The Bertz CT molecular complexity index is 1160. The van der Waals surface area contributed by atoms with Gasteiger partial charge in [0.2, 0.25) is 5.88 Å². The van der Waals surface area contributed by atoms with Crippen molar-refractivity contribution in [3.63, 3.8) is 0 Å². The number of nitrogens with one attached hydrogen (secondary N) is 2. The Morgan fingerprint density at radius 1 is 1.19 bits per heavy atom. The Labute approximate surface area is 187 Å². The summed E-state index contributed by atoms with van der Waals surface area (Å²) in [4.78, 5) is 22.8. The lowest BCUT2D eigenvalue weighted by Gasteiger charge is -2.33. The zero-order valence-electron chi connectivity index (χ0n) is 18.4. The maximum absolute atomic E-state index is 11.3. The first-order valence-corrected chi connectivity index (χ1v) is 11.0. The molecular weight excluding hydrogens is 402 g/mol. The molecule has 7 nitrogen and oxygen atoms in total. The predicted molar refractivity (Wildman–Crippen MR) is 126 cm³/mol. The maximum atomic E-state index is 11.3. The lowest BCUT2D eigenvalue weighted by molar-refractivity contribution is -0.116. The molecule has 0 radical (unpaired) electrons. The van der Waals surface area contributed by atoms with E-state index in [1.165, 1.54) is 16.7 Å². The van der Waals surface area contributed by atoms with Crippen LogP contribution in [0.4, 0.5) is 22.9 Å². The molecule has 2 aliphatic rings. The van der Waals surface area contributed by atoms with E-state index in [0.717, 1.165) is 54.5 Å². The van der Waals surface area contributed by atoms with Crippen molar-refractivity contribution >= 4 is 28.7 Å². The third kappa shape index (κ3) is 4.10. The quantitative estimate of drug-likeness (QED) is 0.634. The van der Waals surface area contributed by atoms with Gasteiger partial charge >= 0.3 is 0 Å². The molecule has 7 heteroatoms.